The van der Waals surface area contributed by atoms with Crippen molar-refractivity contribution >= 4 is 35.7 Å². The fourth-order valence-corrected chi connectivity index (χ4v) is 3.83. The van der Waals surface area contributed by atoms with Gasteiger partial charge >= 0.3 is 9.24 Å². The van der Waals surface area contributed by atoms with Crippen LogP contribution in [-0.2, 0) is 23.9 Å². The highest BCUT2D eigenvalue weighted by atomic mass is 35.7. The van der Waals surface area contributed by atoms with Crippen molar-refractivity contribution in [1.29, 1.82) is 0 Å². The van der Waals surface area contributed by atoms with Gasteiger partial charge in [-0.05, 0) is 17.7 Å². The Morgan fingerprint density at radius 2 is 1.68 bits per heavy atom. The van der Waals surface area contributed by atoms with Gasteiger partial charge in [0.05, 0.1) is 17.4 Å². The van der Waals surface area contributed by atoms with Crippen molar-refractivity contribution in [3.8, 4) is 0 Å². The van der Waals surface area contributed by atoms with E-state index in [0.717, 1.165) is 6.26 Å². The van der Waals surface area contributed by atoms with Crippen LogP contribution in [0.1, 0.15) is 18.0 Å². The number of β-lactam (4-membered cyclic amide) rings is 1. The number of nitrogens with zero attached hydrogens (tertiary/aromatic N) is 1. The number of benzene rings is 1. The Bertz CT molecular complexity index is 724. The highest BCUT2D eigenvalue weighted by molar-refractivity contribution is 8.12. The van der Waals surface area contributed by atoms with Gasteiger partial charge in [-0.3, -0.25) is 4.79 Å². The summed E-state index contributed by atoms with van der Waals surface area (Å²) < 4.78 is 45.6. The molecule has 1 fully saturated rings. The molecule has 0 bridgehead atoms. The molecule has 0 spiro atoms. The lowest BCUT2D eigenvalue weighted by molar-refractivity contribution is -0.137. The zero-order valence-corrected chi connectivity index (χ0v) is 12.2. The van der Waals surface area contributed by atoms with Gasteiger partial charge < -0.3 is 0 Å². The summed E-state index contributed by atoms with van der Waals surface area (Å²) in [4.78, 5) is 11.4. The molecule has 1 atom stereocenters. The summed E-state index contributed by atoms with van der Waals surface area (Å²) in [5, 5.41) is 0. The van der Waals surface area contributed by atoms with E-state index in [1.165, 1.54) is 24.3 Å². The molecule has 0 N–H and O–H groups in total. The predicted octanol–water partition coefficient (Wildman–Crippen LogP) is 0.847. The van der Waals surface area contributed by atoms with Crippen LogP contribution in [-0.4, -0.2) is 33.3 Å². The van der Waals surface area contributed by atoms with E-state index in [-0.39, 0.29) is 11.3 Å². The van der Waals surface area contributed by atoms with Gasteiger partial charge in [0, 0.05) is 16.9 Å². The summed E-state index contributed by atoms with van der Waals surface area (Å²) in [7, 11) is -2.27. The van der Waals surface area contributed by atoms with Crippen LogP contribution in [0.2, 0.25) is 0 Å². The number of carbonyl (C=O) groups is 1. The second kappa shape index (κ2) is 4.46. The van der Waals surface area contributed by atoms with Crippen molar-refractivity contribution in [2.75, 3.05) is 6.26 Å². The summed E-state index contributed by atoms with van der Waals surface area (Å²) in [6.07, 6.45) is 1.11. The first kappa shape index (κ1) is 14.3. The molecule has 0 saturated carbocycles. The van der Waals surface area contributed by atoms with Gasteiger partial charge in [0.15, 0.2) is 9.84 Å². The fraction of sp³-hybridized carbons (Fsp3) is 0.300. The summed E-state index contributed by atoms with van der Waals surface area (Å²) >= 11 is 0. The van der Waals surface area contributed by atoms with Crippen molar-refractivity contribution in [1.82, 2.24) is 4.31 Å². The maximum Gasteiger partial charge on any atom is 0.324 e. The van der Waals surface area contributed by atoms with Gasteiger partial charge in [0.2, 0.25) is 5.91 Å². The molecule has 2 rings (SSSR count). The lowest BCUT2D eigenvalue weighted by Crippen LogP contribution is -2.47. The third-order valence-electron chi connectivity index (χ3n) is 2.82. The lowest BCUT2D eigenvalue weighted by atomic mass is 9.97. The summed E-state index contributed by atoms with van der Waals surface area (Å²) in [6.45, 7) is 0. The largest absolute Gasteiger partial charge is 0.324 e. The van der Waals surface area contributed by atoms with Crippen LogP contribution in [0.3, 0.4) is 0 Å². The monoisotopic (exact) mass is 323 g/mol. The van der Waals surface area contributed by atoms with Crippen molar-refractivity contribution in [2.45, 2.75) is 17.4 Å². The van der Waals surface area contributed by atoms with E-state index < -0.39 is 31.0 Å². The van der Waals surface area contributed by atoms with Gasteiger partial charge in [0.25, 0.3) is 0 Å². The predicted molar refractivity (Wildman–Crippen MR) is 68.5 cm³/mol. The van der Waals surface area contributed by atoms with Crippen LogP contribution in [0.5, 0.6) is 0 Å². The first-order valence-corrected chi connectivity index (χ1v) is 9.33. The number of halogens is 1. The van der Waals surface area contributed by atoms with Crippen molar-refractivity contribution in [3.05, 3.63) is 29.8 Å². The Kier molecular flexibility index (Phi) is 3.36. The van der Waals surface area contributed by atoms with Crippen LogP contribution in [0.4, 0.5) is 0 Å². The van der Waals surface area contributed by atoms with Crippen LogP contribution >= 0.6 is 10.7 Å². The number of carbonyl (C=O) groups excluding carboxylic acids is 1. The van der Waals surface area contributed by atoms with Crippen LogP contribution < -0.4 is 0 Å². The zero-order valence-electron chi connectivity index (χ0n) is 9.78. The number of hydrogen-bond acceptors (Lipinski definition) is 5. The minimum Gasteiger partial charge on any atom is -0.274 e. The van der Waals surface area contributed by atoms with E-state index in [0.29, 0.717) is 9.87 Å². The average molecular weight is 324 g/mol. The molecule has 1 aliphatic rings. The molecule has 19 heavy (non-hydrogen) atoms. The maximum atomic E-state index is 11.3. The molecule has 0 aliphatic carbocycles. The number of hydrogen-bond donors (Lipinski definition) is 0. The van der Waals surface area contributed by atoms with Crippen LogP contribution in [0, 0.1) is 0 Å². The van der Waals surface area contributed by atoms with E-state index >= 15 is 0 Å². The normalized spacial score (nSPS) is 20.2. The highest BCUT2D eigenvalue weighted by Gasteiger charge is 2.44. The van der Waals surface area contributed by atoms with E-state index in [9.17, 15) is 21.6 Å². The Balaban J connectivity index is 2.32. The van der Waals surface area contributed by atoms with Crippen molar-refractivity contribution < 1.29 is 21.6 Å². The molecule has 0 aromatic heterocycles. The first-order valence-electron chi connectivity index (χ1n) is 5.17. The molecule has 1 amide bonds. The quantitative estimate of drug-likeness (QED) is 0.607. The molecular formula is C10H10ClNO5S2. The molecule has 1 unspecified atom stereocenters. The Labute approximate surface area is 115 Å². The van der Waals surface area contributed by atoms with E-state index in [2.05, 4.69) is 0 Å². The van der Waals surface area contributed by atoms with Gasteiger partial charge in [-0.2, -0.15) is 8.42 Å². The molecule has 9 heteroatoms. The van der Waals surface area contributed by atoms with Crippen LogP contribution in [0.25, 0.3) is 0 Å². The molecule has 1 aromatic rings. The van der Waals surface area contributed by atoms with Crippen molar-refractivity contribution in [3.63, 3.8) is 0 Å². The zero-order chi connectivity index (χ0) is 14.4. The highest BCUT2D eigenvalue weighted by Crippen LogP contribution is 2.38. The number of amides is 1. The van der Waals surface area contributed by atoms with E-state index in [4.69, 9.17) is 10.7 Å². The van der Waals surface area contributed by atoms with Gasteiger partial charge in [-0.1, -0.05) is 12.1 Å². The van der Waals surface area contributed by atoms with Gasteiger partial charge in [0.1, 0.15) is 0 Å². The van der Waals surface area contributed by atoms with E-state index in [1.54, 1.807) is 0 Å². The van der Waals surface area contributed by atoms with Crippen LogP contribution in [0.15, 0.2) is 29.2 Å². The smallest absolute Gasteiger partial charge is 0.274 e. The molecule has 1 aromatic carbocycles. The van der Waals surface area contributed by atoms with Gasteiger partial charge in [-0.25, -0.2) is 12.7 Å². The Morgan fingerprint density at radius 3 is 2.05 bits per heavy atom. The minimum absolute atomic E-state index is 0.0319. The molecular weight excluding hydrogens is 314 g/mol. The third kappa shape index (κ3) is 2.75. The second-order valence-electron chi connectivity index (χ2n) is 4.19. The third-order valence-corrected chi connectivity index (χ3v) is 5.33. The Morgan fingerprint density at radius 1 is 1.16 bits per heavy atom. The summed E-state index contributed by atoms with van der Waals surface area (Å²) in [6, 6.07) is 5.02. The second-order valence-corrected chi connectivity index (χ2v) is 8.60. The van der Waals surface area contributed by atoms with Crippen molar-refractivity contribution in [2.24, 2.45) is 0 Å². The lowest BCUT2D eigenvalue weighted by Gasteiger charge is -2.37. The molecule has 0 radical (unpaired) electrons. The van der Waals surface area contributed by atoms with E-state index in [1.807, 2.05) is 0 Å². The number of rotatable bonds is 3. The molecule has 1 heterocycles. The SMILES string of the molecule is CS(=O)(=O)c1ccc(C2CC(=O)N2S(=O)(=O)Cl)cc1. The molecule has 104 valence electrons. The fourth-order valence-electron chi connectivity index (χ4n) is 1.86. The maximum absolute atomic E-state index is 11.3. The minimum atomic E-state index is -4.11. The number of sulfone groups is 1. The average Bonchev–Trinajstić information content (AvgIpc) is 2.22. The first-order chi connectivity index (χ1) is 8.60. The Hall–Kier alpha value is -1.12. The summed E-state index contributed by atoms with van der Waals surface area (Å²) in [5.74, 6) is -0.577. The molecule has 6 nitrogen and oxygen atoms in total. The molecule has 1 aliphatic heterocycles. The standard InChI is InChI=1S/C10H10ClNO5S2/c1-18(14,15)8-4-2-7(3-5-8)9-6-10(13)12(9)19(11,16)17/h2-5,9H,6H2,1H3. The summed E-state index contributed by atoms with van der Waals surface area (Å²) in [5.41, 5.74) is 0.524. The topological polar surface area (TPSA) is 88.6 Å². The van der Waals surface area contributed by atoms with Gasteiger partial charge in [-0.15, -0.1) is 0 Å². The molecule has 1 saturated heterocycles.